The number of nitrogens with one attached hydrogen (secondary N) is 2. The summed E-state index contributed by atoms with van der Waals surface area (Å²) >= 11 is 3.31. The molecule has 0 fully saturated rings. The lowest BCUT2D eigenvalue weighted by atomic mass is 10.0. The number of hydroxylamine groups is 1. The van der Waals surface area contributed by atoms with E-state index in [0.29, 0.717) is 11.3 Å². The second kappa shape index (κ2) is 11.2. The first kappa shape index (κ1) is 23.2. The molecule has 0 bridgehead atoms. The van der Waals surface area contributed by atoms with Gasteiger partial charge in [-0.25, -0.2) is 10.3 Å². The average Bonchev–Trinajstić information content (AvgIpc) is 2.74. The Morgan fingerprint density at radius 2 is 1.83 bits per heavy atom. The first-order valence-corrected chi connectivity index (χ1v) is 9.42. The van der Waals surface area contributed by atoms with Crippen LogP contribution in [0.3, 0.4) is 0 Å². The van der Waals surface area contributed by atoms with Crippen LogP contribution in [-0.4, -0.2) is 42.6 Å². The summed E-state index contributed by atoms with van der Waals surface area (Å²) in [5.74, 6) is -0.711. The maximum atomic E-state index is 12.5. The summed E-state index contributed by atoms with van der Waals surface area (Å²) in [4.78, 5) is 23.8. The molecule has 2 aromatic rings. The Labute approximate surface area is 181 Å². The molecule has 0 radical (unpaired) electrons. The smallest absolute Gasteiger partial charge is 0.412 e. The molecule has 2 amide bonds. The molecule has 0 aliphatic rings. The number of amides is 2. The van der Waals surface area contributed by atoms with Crippen LogP contribution in [0.25, 0.3) is 0 Å². The normalized spacial score (nSPS) is 12.8. The summed E-state index contributed by atoms with van der Waals surface area (Å²) in [5.41, 5.74) is 2.36. The number of methoxy groups -OCH3 is 2. The van der Waals surface area contributed by atoms with Gasteiger partial charge in [-0.05, 0) is 48.0 Å². The van der Waals surface area contributed by atoms with Crippen LogP contribution >= 0.6 is 15.9 Å². The Hall–Kier alpha value is -3.08. The minimum atomic E-state index is -1.04. The number of halogens is 1. The highest BCUT2D eigenvalue weighted by atomic mass is 79.9. The molecule has 0 heterocycles. The largest absolute Gasteiger partial charge is 0.504 e. The van der Waals surface area contributed by atoms with Crippen molar-refractivity contribution in [3.05, 3.63) is 64.7 Å². The number of hydrogen-bond donors (Lipinski definition) is 4. The molecule has 30 heavy (non-hydrogen) atoms. The van der Waals surface area contributed by atoms with E-state index in [-0.39, 0.29) is 11.5 Å². The zero-order chi connectivity index (χ0) is 22.1. The number of phenolic OH excluding ortho intramolecular Hbond substituents is 1. The van der Waals surface area contributed by atoms with Gasteiger partial charge in [0.05, 0.1) is 7.11 Å². The Bertz CT molecular complexity index is 903. The fourth-order valence-corrected chi connectivity index (χ4v) is 2.79. The third-order valence-electron chi connectivity index (χ3n) is 3.97. The minimum absolute atomic E-state index is 0.163. The summed E-state index contributed by atoms with van der Waals surface area (Å²) in [5, 5.41) is 21.4. The van der Waals surface area contributed by atoms with Crippen LogP contribution in [-0.2, 0) is 14.3 Å². The van der Waals surface area contributed by atoms with Crippen LogP contribution in [0.15, 0.2) is 59.1 Å². The van der Waals surface area contributed by atoms with Crippen LogP contribution in [0, 0.1) is 0 Å². The molecule has 160 valence electrons. The van der Waals surface area contributed by atoms with E-state index in [0.717, 1.165) is 10.5 Å². The summed E-state index contributed by atoms with van der Waals surface area (Å²) in [6.45, 7) is 0. The fraction of sp³-hybridized carbons (Fsp3) is 0.200. The molecule has 0 saturated carbocycles. The van der Waals surface area contributed by atoms with Crippen LogP contribution in [0.2, 0.25) is 0 Å². The molecule has 0 saturated heterocycles. The lowest BCUT2D eigenvalue weighted by molar-refractivity contribution is -0.124. The SMILES string of the molecule is COc1ccc([C@H](OC(=O)Nc2ccc(Br)cc2)[C@H](/C=C/C(=O)NO)OC)cc1O. The molecule has 0 spiro atoms. The molecule has 2 aromatic carbocycles. The molecule has 0 aliphatic carbocycles. The molecule has 0 aromatic heterocycles. The fourth-order valence-electron chi connectivity index (χ4n) is 2.53. The van der Waals surface area contributed by atoms with E-state index >= 15 is 0 Å². The molecule has 4 N–H and O–H groups in total. The lowest BCUT2D eigenvalue weighted by Crippen LogP contribution is -2.27. The Kier molecular flexibility index (Phi) is 8.66. The minimum Gasteiger partial charge on any atom is -0.504 e. The van der Waals surface area contributed by atoms with E-state index in [9.17, 15) is 14.7 Å². The van der Waals surface area contributed by atoms with E-state index in [1.807, 2.05) is 0 Å². The number of phenols is 1. The van der Waals surface area contributed by atoms with E-state index in [4.69, 9.17) is 19.4 Å². The van der Waals surface area contributed by atoms with E-state index in [1.54, 1.807) is 30.3 Å². The Morgan fingerprint density at radius 1 is 1.13 bits per heavy atom. The molecule has 10 heteroatoms. The zero-order valence-electron chi connectivity index (χ0n) is 16.2. The van der Waals surface area contributed by atoms with Crippen molar-refractivity contribution in [1.29, 1.82) is 0 Å². The van der Waals surface area contributed by atoms with Crippen LogP contribution in [0.1, 0.15) is 11.7 Å². The van der Waals surface area contributed by atoms with Crippen molar-refractivity contribution >= 4 is 33.6 Å². The van der Waals surface area contributed by atoms with E-state index in [1.165, 1.54) is 37.9 Å². The highest BCUT2D eigenvalue weighted by Crippen LogP contribution is 2.33. The molecular weight excluding hydrogens is 460 g/mol. The molecule has 9 nitrogen and oxygen atoms in total. The predicted molar refractivity (Wildman–Crippen MR) is 112 cm³/mol. The molecular formula is C20H21BrN2O7. The topological polar surface area (TPSA) is 126 Å². The number of anilines is 1. The van der Waals surface area contributed by atoms with Gasteiger partial charge in [-0.1, -0.05) is 22.0 Å². The van der Waals surface area contributed by atoms with Crippen molar-refractivity contribution in [2.75, 3.05) is 19.5 Å². The summed E-state index contributed by atoms with van der Waals surface area (Å²) in [6, 6.07) is 11.3. The second-order valence-electron chi connectivity index (χ2n) is 5.92. The predicted octanol–water partition coefficient (Wildman–Crippen LogP) is 3.53. The lowest BCUT2D eigenvalue weighted by Gasteiger charge is -2.25. The average molecular weight is 481 g/mol. The second-order valence-corrected chi connectivity index (χ2v) is 6.84. The van der Waals surface area contributed by atoms with Crippen LogP contribution in [0.4, 0.5) is 10.5 Å². The number of benzene rings is 2. The number of carbonyl (C=O) groups is 2. The zero-order valence-corrected chi connectivity index (χ0v) is 17.8. The van der Waals surface area contributed by atoms with Gasteiger partial charge in [0.1, 0.15) is 6.10 Å². The number of carbonyl (C=O) groups excluding carboxylic acids is 2. The van der Waals surface area contributed by atoms with Gasteiger partial charge in [-0.15, -0.1) is 0 Å². The van der Waals surface area contributed by atoms with Crippen molar-refractivity contribution in [3.8, 4) is 11.5 Å². The highest BCUT2D eigenvalue weighted by Gasteiger charge is 2.27. The standard InChI is InChI=1S/C20H21BrN2O7/c1-28-16-8-3-12(11-15(16)24)19(17(29-2)9-10-18(25)23-27)30-20(26)22-14-6-4-13(21)5-7-14/h3-11,17,19,24,27H,1-2H3,(H,22,26)(H,23,25)/b10-9+/t17-,19-/m0/s1. The highest BCUT2D eigenvalue weighted by molar-refractivity contribution is 9.10. The van der Waals surface area contributed by atoms with Gasteiger partial charge in [-0.2, -0.15) is 0 Å². The molecule has 0 aliphatic heterocycles. The molecule has 2 rings (SSSR count). The van der Waals surface area contributed by atoms with Crippen molar-refractivity contribution < 1.29 is 34.1 Å². The summed E-state index contributed by atoms with van der Waals surface area (Å²) in [6.07, 6.45) is -0.388. The number of aromatic hydroxyl groups is 1. The summed E-state index contributed by atoms with van der Waals surface area (Å²) < 4.78 is 16.8. The van der Waals surface area contributed by atoms with E-state index < -0.39 is 24.2 Å². The number of hydrogen-bond acceptors (Lipinski definition) is 7. The van der Waals surface area contributed by atoms with Gasteiger partial charge in [0.2, 0.25) is 0 Å². The van der Waals surface area contributed by atoms with Crippen molar-refractivity contribution in [3.63, 3.8) is 0 Å². The maximum Gasteiger partial charge on any atom is 0.412 e. The monoisotopic (exact) mass is 480 g/mol. The van der Waals surface area contributed by atoms with E-state index in [2.05, 4.69) is 21.2 Å². The summed E-state index contributed by atoms with van der Waals surface area (Å²) in [7, 11) is 2.76. The van der Waals surface area contributed by atoms with Crippen molar-refractivity contribution in [2.24, 2.45) is 0 Å². The van der Waals surface area contributed by atoms with Crippen molar-refractivity contribution in [2.45, 2.75) is 12.2 Å². The van der Waals surface area contributed by atoms with Gasteiger partial charge in [0, 0.05) is 23.3 Å². The quantitative estimate of drug-likeness (QED) is 0.258. The van der Waals surface area contributed by atoms with Crippen LogP contribution < -0.4 is 15.5 Å². The Morgan fingerprint density at radius 3 is 2.40 bits per heavy atom. The van der Waals surface area contributed by atoms with Gasteiger partial charge < -0.3 is 19.3 Å². The van der Waals surface area contributed by atoms with Gasteiger partial charge in [-0.3, -0.25) is 15.3 Å². The molecule has 0 unspecified atom stereocenters. The van der Waals surface area contributed by atoms with Gasteiger partial charge in [0.25, 0.3) is 5.91 Å². The maximum absolute atomic E-state index is 12.5. The van der Waals surface area contributed by atoms with Gasteiger partial charge in [0.15, 0.2) is 17.6 Å². The third-order valence-corrected chi connectivity index (χ3v) is 4.50. The first-order valence-electron chi connectivity index (χ1n) is 8.63. The van der Waals surface area contributed by atoms with Crippen molar-refractivity contribution in [1.82, 2.24) is 5.48 Å². The van der Waals surface area contributed by atoms with Gasteiger partial charge >= 0.3 is 6.09 Å². The number of ether oxygens (including phenoxy) is 3. The van der Waals surface area contributed by atoms with Crippen LogP contribution in [0.5, 0.6) is 11.5 Å². The third kappa shape index (κ3) is 6.48. The first-order chi connectivity index (χ1) is 14.4. The number of rotatable bonds is 8. The molecule has 2 atom stereocenters. The Balaban J connectivity index is 2.30.